The zero-order valence-electron chi connectivity index (χ0n) is 12.7. The number of aromatic nitrogens is 3. The first-order valence-electron chi connectivity index (χ1n) is 7.39. The van der Waals surface area contributed by atoms with Crippen LogP contribution in [-0.2, 0) is 13.6 Å². The first-order chi connectivity index (χ1) is 10.7. The quantitative estimate of drug-likeness (QED) is 0.675. The van der Waals surface area contributed by atoms with E-state index in [4.69, 9.17) is 9.15 Å². The van der Waals surface area contributed by atoms with Gasteiger partial charge in [-0.3, -0.25) is 9.58 Å². The highest BCUT2D eigenvalue weighted by Crippen LogP contribution is 2.27. The minimum Gasteiger partial charge on any atom is -0.489 e. The number of benzene rings is 1. The van der Waals surface area contributed by atoms with E-state index in [0.717, 1.165) is 29.9 Å². The smallest absolute Gasteiger partial charge is 0.192 e. The lowest BCUT2D eigenvalue weighted by Crippen LogP contribution is -2.10. The van der Waals surface area contributed by atoms with Crippen molar-refractivity contribution in [1.29, 1.82) is 0 Å². The molecule has 4 rings (SSSR count). The summed E-state index contributed by atoms with van der Waals surface area (Å²) in [4.78, 5) is 6.75. The molecule has 1 saturated heterocycles. The van der Waals surface area contributed by atoms with Crippen LogP contribution in [0.2, 0.25) is 0 Å². The molecule has 0 amide bonds. The molecule has 0 aliphatic carbocycles. The molecule has 3 heterocycles. The normalized spacial score (nSPS) is 20.5. The second-order valence-corrected chi connectivity index (χ2v) is 5.75. The molecule has 1 aromatic carbocycles. The van der Waals surface area contributed by atoms with Gasteiger partial charge in [-0.05, 0) is 12.1 Å². The van der Waals surface area contributed by atoms with Crippen LogP contribution in [0, 0.1) is 6.92 Å². The average molecular weight is 298 g/mol. The fraction of sp³-hybridized carbons (Fsp3) is 0.375. The minimum atomic E-state index is 0.462. The summed E-state index contributed by atoms with van der Waals surface area (Å²) in [6.07, 6.45) is 3.96. The molecule has 6 heteroatoms. The lowest BCUT2D eigenvalue weighted by Gasteiger charge is -2.06. The van der Waals surface area contributed by atoms with E-state index in [1.165, 1.54) is 5.56 Å². The first-order valence-corrected chi connectivity index (χ1v) is 7.39. The summed E-state index contributed by atoms with van der Waals surface area (Å²) in [6, 6.07) is 6.25. The third-order valence-electron chi connectivity index (χ3n) is 3.89. The van der Waals surface area contributed by atoms with Gasteiger partial charge in [-0.1, -0.05) is 6.07 Å². The summed E-state index contributed by atoms with van der Waals surface area (Å²) >= 11 is 0. The minimum absolute atomic E-state index is 0.462. The van der Waals surface area contributed by atoms with Crippen molar-refractivity contribution in [3.8, 4) is 5.75 Å². The standard InChI is InChI=1S/C16H18N4O2/c1-11-18-16-14(4-3-5-15(16)22-11)21-10-13-9-20(13)8-12-6-17-19(2)7-12/h3-7,13H,8-10H2,1-2H3. The monoisotopic (exact) mass is 298 g/mol. The van der Waals surface area contributed by atoms with Gasteiger partial charge in [0.25, 0.3) is 0 Å². The van der Waals surface area contributed by atoms with E-state index in [0.29, 0.717) is 18.5 Å². The molecule has 22 heavy (non-hydrogen) atoms. The molecule has 1 aliphatic rings. The maximum Gasteiger partial charge on any atom is 0.192 e. The zero-order valence-corrected chi connectivity index (χ0v) is 12.7. The lowest BCUT2D eigenvalue weighted by atomic mass is 10.3. The number of aryl methyl sites for hydroxylation is 2. The third-order valence-corrected chi connectivity index (χ3v) is 3.89. The predicted octanol–water partition coefficient (Wildman–Crippen LogP) is 2.13. The van der Waals surface area contributed by atoms with E-state index in [9.17, 15) is 0 Å². The number of oxazole rings is 1. The van der Waals surface area contributed by atoms with E-state index in [1.54, 1.807) is 0 Å². The van der Waals surface area contributed by atoms with Gasteiger partial charge >= 0.3 is 0 Å². The van der Waals surface area contributed by atoms with E-state index >= 15 is 0 Å². The van der Waals surface area contributed by atoms with Gasteiger partial charge in [0.1, 0.15) is 12.4 Å². The van der Waals surface area contributed by atoms with Crippen LogP contribution in [0.1, 0.15) is 11.5 Å². The molecule has 2 aromatic heterocycles. The van der Waals surface area contributed by atoms with Gasteiger partial charge in [0, 0.05) is 38.8 Å². The molecule has 114 valence electrons. The number of rotatable bonds is 5. The molecule has 6 nitrogen and oxygen atoms in total. The number of para-hydroxylation sites is 1. The van der Waals surface area contributed by atoms with Gasteiger partial charge in [-0.2, -0.15) is 5.10 Å². The lowest BCUT2D eigenvalue weighted by molar-refractivity contribution is 0.295. The van der Waals surface area contributed by atoms with Crippen LogP contribution < -0.4 is 4.74 Å². The van der Waals surface area contributed by atoms with Gasteiger partial charge in [0.15, 0.2) is 17.0 Å². The zero-order chi connectivity index (χ0) is 15.1. The highest BCUT2D eigenvalue weighted by molar-refractivity contribution is 5.79. The Hall–Kier alpha value is -2.34. The first kappa shape index (κ1) is 13.3. The maximum absolute atomic E-state index is 5.94. The van der Waals surface area contributed by atoms with Crippen LogP contribution in [0.5, 0.6) is 5.75 Å². The summed E-state index contributed by atoms with van der Waals surface area (Å²) < 4.78 is 13.3. The van der Waals surface area contributed by atoms with Crippen LogP contribution in [0.3, 0.4) is 0 Å². The molecular formula is C16H18N4O2. The molecule has 0 bridgehead atoms. The Morgan fingerprint density at radius 1 is 1.41 bits per heavy atom. The third kappa shape index (κ3) is 2.57. The second-order valence-electron chi connectivity index (χ2n) is 5.75. The van der Waals surface area contributed by atoms with Crippen molar-refractivity contribution in [2.24, 2.45) is 7.05 Å². The Labute approximate surface area is 128 Å². The fourth-order valence-corrected chi connectivity index (χ4v) is 2.70. The Kier molecular flexibility index (Phi) is 3.11. The van der Waals surface area contributed by atoms with Gasteiger partial charge in [0.2, 0.25) is 0 Å². The van der Waals surface area contributed by atoms with Crippen LogP contribution in [0.15, 0.2) is 35.0 Å². The van der Waals surface area contributed by atoms with E-state index in [1.807, 2.05) is 43.0 Å². The van der Waals surface area contributed by atoms with Crippen molar-refractivity contribution >= 4 is 11.1 Å². The number of fused-ring (bicyclic) bond motifs is 1. The van der Waals surface area contributed by atoms with Gasteiger partial charge in [-0.25, -0.2) is 4.98 Å². The summed E-state index contributed by atoms with van der Waals surface area (Å²) in [5.74, 6) is 1.46. The van der Waals surface area contributed by atoms with Crippen LogP contribution in [0.4, 0.5) is 0 Å². The van der Waals surface area contributed by atoms with Crippen molar-refractivity contribution in [3.63, 3.8) is 0 Å². The summed E-state index contributed by atoms with van der Waals surface area (Å²) in [7, 11) is 1.94. The van der Waals surface area contributed by atoms with Crippen molar-refractivity contribution in [2.45, 2.75) is 19.5 Å². The van der Waals surface area contributed by atoms with Crippen LogP contribution >= 0.6 is 0 Å². The van der Waals surface area contributed by atoms with Crippen molar-refractivity contribution < 1.29 is 9.15 Å². The Balaban J connectivity index is 1.37. The topological polar surface area (TPSA) is 56.1 Å². The van der Waals surface area contributed by atoms with E-state index < -0.39 is 0 Å². The number of ether oxygens (including phenoxy) is 1. The molecule has 2 unspecified atom stereocenters. The second kappa shape index (κ2) is 5.14. The number of hydrogen-bond donors (Lipinski definition) is 0. The van der Waals surface area contributed by atoms with E-state index in [2.05, 4.69) is 21.2 Å². The molecule has 3 aromatic rings. The SMILES string of the molecule is Cc1nc2c(OCC3CN3Cc3cnn(C)c3)cccc2o1. The molecule has 1 fully saturated rings. The summed E-state index contributed by atoms with van der Waals surface area (Å²) in [6.45, 7) is 4.50. The molecule has 0 N–H and O–H groups in total. The molecule has 0 spiro atoms. The molecule has 2 atom stereocenters. The summed E-state index contributed by atoms with van der Waals surface area (Å²) in [5.41, 5.74) is 2.82. The Morgan fingerprint density at radius 3 is 3.14 bits per heavy atom. The Morgan fingerprint density at radius 2 is 2.32 bits per heavy atom. The highest BCUT2D eigenvalue weighted by Gasteiger charge is 2.34. The fourth-order valence-electron chi connectivity index (χ4n) is 2.70. The molecular weight excluding hydrogens is 280 g/mol. The predicted molar refractivity (Wildman–Crippen MR) is 81.6 cm³/mol. The summed E-state index contributed by atoms with van der Waals surface area (Å²) in [5, 5.41) is 4.19. The van der Waals surface area contributed by atoms with Crippen LogP contribution in [0.25, 0.3) is 11.1 Å². The Bertz CT molecular complexity index is 807. The van der Waals surface area contributed by atoms with Crippen LogP contribution in [-0.4, -0.2) is 38.9 Å². The molecule has 0 saturated carbocycles. The van der Waals surface area contributed by atoms with E-state index in [-0.39, 0.29) is 0 Å². The van der Waals surface area contributed by atoms with Crippen molar-refractivity contribution in [2.75, 3.05) is 13.2 Å². The average Bonchev–Trinajstić information content (AvgIpc) is 2.88. The van der Waals surface area contributed by atoms with Gasteiger partial charge < -0.3 is 9.15 Å². The largest absolute Gasteiger partial charge is 0.489 e. The van der Waals surface area contributed by atoms with Gasteiger partial charge in [-0.15, -0.1) is 0 Å². The highest BCUT2D eigenvalue weighted by atomic mass is 16.5. The molecule has 1 aliphatic heterocycles. The van der Waals surface area contributed by atoms with Gasteiger partial charge in [0.05, 0.1) is 12.2 Å². The maximum atomic E-state index is 5.94. The number of nitrogens with zero attached hydrogens (tertiary/aromatic N) is 4. The van der Waals surface area contributed by atoms with Crippen molar-refractivity contribution in [3.05, 3.63) is 42.0 Å². The molecule has 0 radical (unpaired) electrons. The number of hydrogen-bond acceptors (Lipinski definition) is 5. The van der Waals surface area contributed by atoms with Crippen molar-refractivity contribution in [1.82, 2.24) is 19.7 Å².